The van der Waals surface area contributed by atoms with Crippen LogP contribution in [0.1, 0.15) is 30.7 Å². The van der Waals surface area contributed by atoms with Crippen LogP contribution in [0.4, 0.5) is 5.82 Å². The van der Waals surface area contributed by atoms with Gasteiger partial charge in [-0.2, -0.15) is 0 Å². The summed E-state index contributed by atoms with van der Waals surface area (Å²) in [5.41, 5.74) is 2.11. The van der Waals surface area contributed by atoms with E-state index in [1.165, 1.54) is 19.3 Å². The molecule has 0 atom stereocenters. The maximum atomic E-state index is 12.9. The SMILES string of the molecule is O=C(CN1CCc2ncc(N3CCOCC3)nc2C1)N1CCN(C2CCC2)CC1. The molecule has 0 bridgehead atoms. The van der Waals surface area contributed by atoms with Gasteiger partial charge in [-0.25, -0.2) is 4.98 Å². The van der Waals surface area contributed by atoms with Gasteiger partial charge < -0.3 is 14.5 Å². The first-order chi connectivity index (χ1) is 14.3. The number of hydrogen-bond donors (Lipinski definition) is 0. The second kappa shape index (κ2) is 8.53. The third kappa shape index (κ3) is 4.25. The standard InChI is InChI=1S/C21H32N6O2/c28-21(27-8-6-25(7-9-27)17-2-1-3-17)16-24-5-4-18-19(15-24)23-20(14-22-18)26-10-12-29-13-11-26/h14,17H,1-13,15-16H2. The van der Waals surface area contributed by atoms with Crippen molar-refractivity contribution in [2.75, 3.05) is 70.5 Å². The molecule has 1 saturated carbocycles. The van der Waals surface area contributed by atoms with E-state index in [0.717, 1.165) is 88.7 Å². The van der Waals surface area contributed by atoms with Gasteiger partial charge in [0.1, 0.15) is 5.82 Å². The first-order valence-electron chi connectivity index (χ1n) is 11.2. The lowest BCUT2D eigenvalue weighted by molar-refractivity contribution is -0.135. The fourth-order valence-corrected chi connectivity index (χ4v) is 4.79. The van der Waals surface area contributed by atoms with E-state index in [1.54, 1.807) is 0 Å². The number of aromatic nitrogens is 2. The Labute approximate surface area is 172 Å². The highest BCUT2D eigenvalue weighted by Crippen LogP contribution is 2.25. The van der Waals surface area contributed by atoms with Crippen LogP contribution >= 0.6 is 0 Å². The van der Waals surface area contributed by atoms with Crippen LogP contribution in [-0.2, 0) is 22.5 Å². The molecule has 0 N–H and O–H groups in total. The van der Waals surface area contributed by atoms with Crippen LogP contribution in [-0.4, -0.2) is 102 Å². The van der Waals surface area contributed by atoms with Gasteiger partial charge in [0.15, 0.2) is 0 Å². The van der Waals surface area contributed by atoms with Crippen molar-refractivity contribution in [2.24, 2.45) is 0 Å². The van der Waals surface area contributed by atoms with Crippen molar-refractivity contribution in [1.82, 2.24) is 24.7 Å². The van der Waals surface area contributed by atoms with Crippen LogP contribution in [0.3, 0.4) is 0 Å². The molecule has 1 aliphatic carbocycles. The average Bonchev–Trinajstić information content (AvgIpc) is 2.73. The lowest BCUT2D eigenvalue weighted by Gasteiger charge is -2.43. The Morgan fingerprint density at radius 3 is 2.55 bits per heavy atom. The van der Waals surface area contributed by atoms with E-state index < -0.39 is 0 Å². The minimum absolute atomic E-state index is 0.263. The zero-order valence-corrected chi connectivity index (χ0v) is 17.3. The van der Waals surface area contributed by atoms with Gasteiger partial charge in [-0.15, -0.1) is 0 Å². The van der Waals surface area contributed by atoms with Gasteiger partial charge in [0.25, 0.3) is 0 Å². The average molecular weight is 401 g/mol. The Kier molecular flexibility index (Phi) is 5.65. The molecule has 4 aliphatic rings. The third-order valence-electron chi connectivity index (χ3n) is 6.91. The lowest BCUT2D eigenvalue weighted by atomic mass is 9.91. The predicted molar refractivity (Wildman–Crippen MR) is 110 cm³/mol. The number of hydrogen-bond acceptors (Lipinski definition) is 7. The van der Waals surface area contributed by atoms with Gasteiger partial charge in [0.05, 0.1) is 37.3 Å². The van der Waals surface area contributed by atoms with Gasteiger partial charge in [-0.05, 0) is 12.8 Å². The van der Waals surface area contributed by atoms with Crippen molar-refractivity contribution in [1.29, 1.82) is 0 Å². The van der Waals surface area contributed by atoms with E-state index in [0.29, 0.717) is 13.1 Å². The molecule has 1 amide bonds. The molecule has 8 nitrogen and oxygen atoms in total. The minimum Gasteiger partial charge on any atom is -0.378 e. The van der Waals surface area contributed by atoms with Crippen LogP contribution in [0.5, 0.6) is 0 Å². The summed E-state index contributed by atoms with van der Waals surface area (Å²) in [4.78, 5) is 31.5. The summed E-state index contributed by atoms with van der Waals surface area (Å²) in [5, 5.41) is 0. The third-order valence-corrected chi connectivity index (χ3v) is 6.91. The number of rotatable bonds is 4. The maximum Gasteiger partial charge on any atom is 0.236 e. The molecule has 8 heteroatoms. The van der Waals surface area contributed by atoms with E-state index >= 15 is 0 Å². The van der Waals surface area contributed by atoms with Crippen molar-refractivity contribution in [3.05, 3.63) is 17.6 Å². The highest BCUT2D eigenvalue weighted by Gasteiger charge is 2.30. The fraction of sp³-hybridized carbons (Fsp3) is 0.762. The molecule has 0 unspecified atom stereocenters. The summed E-state index contributed by atoms with van der Waals surface area (Å²) in [6.07, 6.45) is 6.82. The van der Waals surface area contributed by atoms with Crippen LogP contribution in [0, 0.1) is 0 Å². The van der Waals surface area contributed by atoms with E-state index in [4.69, 9.17) is 9.72 Å². The smallest absolute Gasteiger partial charge is 0.236 e. The van der Waals surface area contributed by atoms with Crippen LogP contribution in [0.25, 0.3) is 0 Å². The number of anilines is 1. The van der Waals surface area contributed by atoms with Crippen molar-refractivity contribution in [3.63, 3.8) is 0 Å². The maximum absolute atomic E-state index is 12.9. The van der Waals surface area contributed by atoms with Gasteiger partial charge in [0.2, 0.25) is 5.91 Å². The normalized spacial score (nSPS) is 24.3. The molecule has 0 aromatic carbocycles. The molecule has 0 radical (unpaired) electrons. The summed E-state index contributed by atoms with van der Waals surface area (Å²) in [5.74, 6) is 1.20. The summed E-state index contributed by atoms with van der Waals surface area (Å²) < 4.78 is 5.44. The zero-order chi connectivity index (χ0) is 19.6. The number of fused-ring (bicyclic) bond motifs is 1. The molecular formula is C21H32N6O2. The molecule has 0 spiro atoms. The van der Waals surface area contributed by atoms with Gasteiger partial charge in [-0.1, -0.05) is 6.42 Å². The monoisotopic (exact) mass is 400 g/mol. The summed E-state index contributed by atoms with van der Waals surface area (Å²) in [6, 6.07) is 0.782. The Hall–Kier alpha value is -1.77. The molecule has 2 saturated heterocycles. The molecular weight excluding hydrogens is 368 g/mol. The number of amides is 1. The quantitative estimate of drug-likeness (QED) is 0.723. The van der Waals surface area contributed by atoms with Gasteiger partial charge >= 0.3 is 0 Å². The number of carbonyl (C=O) groups is 1. The highest BCUT2D eigenvalue weighted by molar-refractivity contribution is 5.78. The summed E-state index contributed by atoms with van der Waals surface area (Å²) in [7, 11) is 0. The topological polar surface area (TPSA) is 65.0 Å². The number of ether oxygens (including phenoxy) is 1. The van der Waals surface area contributed by atoms with E-state index in [-0.39, 0.29) is 5.91 Å². The summed E-state index contributed by atoms with van der Waals surface area (Å²) in [6.45, 7) is 9.13. The predicted octanol–water partition coefficient (Wildman–Crippen LogP) is 0.368. The number of piperazine rings is 1. The molecule has 158 valence electrons. The summed E-state index contributed by atoms with van der Waals surface area (Å²) >= 11 is 0. The van der Waals surface area contributed by atoms with Crippen molar-refractivity contribution >= 4 is 11.7 Å². The molecule has 1 aromatic rings. The van der Waals surface area contributed by atoms with Gasteiger partial charge in [-0.3, -0.25) is 19.6 Å². The Balaban J connectivity index is 1.16. The second-order valence-corrected chi connectivity index (χ2v) is 8.68. The lowest BCUT2D eigenvalue weighted by Crippen LogP contribution is -2.55. The Morgan fingerprint density at radius 2 is 1.83 bits per heavy atom. The van der Waals surface area contributed by atoms with Crippen LogP contribution in [0.15, 0.2) is 6.20 Å². The minimum atomic E-state index is 0.263. The molecule has 4 heterocycles. The van der Waals surface area contributed by atoms with Gasteiger partial charge in [0, 0.05) is 64.8 Å². The van der Waals surface area contributed by atoms with Crippen molar-refractivity contribution < 1.29 is 9.53 Å². The van der Waals surface area contributed by atoms with E-state index in [2.05, 4.69) is 24.6 Å². The van der Waals surface area contributed by atoms with Crippen molar-refractivity contribution in [3.8, 4) is 0 Å². The first-order valence-corrected chi connectivity index (χ1v) is 11.2. The number of nitrogens with zero attached hydrogens (tertiary/aromatic N) is 6. The van der Waals surface area contributed by atoms with E-state index in [9.17, 15) is 4.79 Å². The molecule has 3 fully saturated rings. The Morgan fingerprint density at radius 1 is 1.03 bits per heavy atom. The molecule has 5 rings (SSSR count). The molecule has 29 heavy (non-hydrogen) atoms. The second-order valence-electron chi connectivity index (χ2n) is 8.68. The molecule has 1 aromatic heterocycles. The van der Waals surface area contributed by atoms with Crippen molar-refractivity contribution in [2.45, 2.75) is 38.3 Å². The van der Waals surface area contributed by atoms with Crippen LogP contribution in [0.2, 0.25) is 0 Å². The highest BCUT2D eigenvalue weighted by atomic mass is 16.5. The Bertz CT molecular complexity index is 726. The number of morpholine rings is 1. The zero-order valence-electron chi connectivity index (χ0n) is 17.3. The first kappa shape index (κ1) is 19.2. The largest absolute Gasteiger partial charge is 0.378 e. The number of carbonyl (C=O) groups excluding carboxylic acids is 1. The fourth-order valence-electron chi connectivity index (χ4n) is 4.79. The molecule has 3 aliphatic heterocycles. The van der Waals surface area contributed by atoms with E-state index in [1.807, 2.05) is 6.20 Å². The van der Waals surface area contributed by atoms with Crippen LogP contribution < -0.4 is 4.90 Å².